The molecule has 1 amide bonds. The Bertz CT molecular complexity index is 758. The van der Waals surface area contributed by atoms with Crippen LogP contribution in [0.15, 0.2) is 12.3 Å². The summed E-state index contributed by atoms with van der Waals surface area (Å²) in [4.78, 5) is 21.5. The number of rotatable bonds is 2. The molecule has 0 bridgehead atoms. The lowest BCUT2D eigenvalue weighted by atomic mass is 9.80. The number of nitrogens with one attached hydrogen (secondary N) is 2. The topological polar surface area (TPSA) is 71.8 Å². The molecule has 0 aromatic carbocycles. The van der Waals surface area contributed by atoms with Crippen molar-refractivity contribution in [2.75, 3.05) is 11.9 Å². The van der Waals surface area contributed by atoms with E-state index in [9.17, 15) is 4.79 Å². The quantitative estimate of drug-likeness (QED) is 0.894. The van der Waals surface area contributed by atoms with Gasteiger partial charge in [0, 0.05) is 24.2 Å². The fourth-order valence-corrected chi connectivity index (χ4v) is 3.99. The van der Waals surface area contributed by atoms with E-state index >= 15 is 0 Å². The van der Waals surface area contributed by atoms with Crippen molar-refractivity contribution in [2.24, 2.45) is 0 Å². The molecule has 2 aromatic heterocycles. The molecule has 2 N–H and O–H groups in total. The standard InChI is InChI=1S/C17H23N5O/c1-11(2)20-16-18-9-12-8-13-15(23)19-10-17(6-4-3-5-7-17)22(13)14(12)21-16/h8-9,11H,3-7,10H2,1-2H3,(H,19,23)(H,18,20,21). The lowest BCUT2D eigenvalue weighted by Crippen LogP contribution is -2.52. The van der Waals surface area contributed by atoms with Crippen LogP contribution in [0.5, 0.6) is 0 Å². The molecule has 0 atom stereocenters. The second kappa shape index (κ2) is 5.22. The van der Waals surface area contributed by atoms with Crippen molar-refractivity contribution < 1.29 is 4.79 Å². The van der Waals surface area contributed by atoms with Crippen molar-refractivity contribution in [2.45, 2.75) is 57.5 Å². The van der Waals surface area contributed by atoms with E-state index < -0.39 is 0 Å². The van der Waals surface area contributed by atoms with Gasteiger partial charge < -0.3 is 15.2 Å². The number of fused-ring (bicyclic) bond motifs is 4. The Kier molecular flexibility index (Phi) is 3.28. The van der Waals surface area contributed by atoms with E-state index in [1.807, 2.05) is 12.3 Å². The maximum Gasteiger partial charge on any atom is 0.268 e. The molecule has 1 aliphatic heterocycles. The zero-order valence-corrected chi connectivity index (χ0v) is 13.7. The average molecular weight is 313 g/mol. The number of anilines is 1. The molecule has 3 heterocycles. The summed E-state index contributed by atoms with van der Waals surface area (Å²) in [5, 5.41) is 7.28. The minimum atomic E-state index is -0.0211. The Labute approximate surface area is 135 Å². The zero-order valence-electron chi connectivity index (χ0n) is 13.7. The molecule has 1 spiro atoms. The molecule has 1 saturated carbocycles. The maximum absolute atomic E-state index is 12.3. The fourth-order valence-electron chi connectivity index (χ4n) is 3.99. The zero-order chi connectivity index (χ0) is 16.0. The van der Waals surface area contributed by atoms with Gasteiger partial charge in [-0.25, -0.2) is 4.98 Å². The molecular weight excluding hydrogens is 290 g/mol. The van der Waals surface area contributed by atoms with Crippen LogP contribution in [-0.2, 0) is 5.54 Å². The summed E-state index contributed by atoms with van der Waals surface area (Å²) in [5.41, 5.74) is 1.59. The number of hydrogen-bond donors (Lipinski definition) is 2. The fraction of sp³-hybridized carbons (Fsp3) is 0.588. The predicted octanol–water partition coefficient (Wildman–Crippen LogP) is 2.65. The summed E-state index contributed by atoms with van der Waals surface area (Å²) in [7, 11) is 0. The Morgan fingerprint density at radius 1 is 1.30 bits per heavy atom. The van der Waals surface area contributed by atoms with Crippen molar-refractivity contribution in [3.8, 4) is 0 Å². The van der Waals surface area contributed by atoms with Gasteiger partial charge in [0.25, 0.3) is 5.91 Å². The molecule has 6 nitrogen and oxygen atoms in total. The highest BCUT2D eigenvalue weighted by Crippen LogP contribution is 2.40. The molecule has 6 heteroatoms. The van der Waals surface area contributed by atoms with Gasteiger partial charge in [-0.2, -0.15) is 4.98 Å². The van der Waals surface area contributed by atoms with Crippen LogP contribution < -0.4 is 10.6 Å². The molecule has 4 rings (SSSR count). The van der Waals surface area contributed by atoms with Crippen molar-refractivity contribution in [3.63, 3.8) is 0 Å². The van der Waals surface area contributed by atoms with Crippen LogP contribution in [0.25, 0.3) is 11.0 Å². The highest BCUT2D eigenvalue weighted by molar-refractivity contribution is 5.99. The van der Waals surface area contributed by atoms with Crippen molar-refractivity contribution in [1.29, 1.82) is 0 Å². The third-order valence-corrected chi connectivity index (χ3v) is 5.03. The van der Waals surface area contributed by atoms with Crippen molar-refractivity contribution in [1.82, 2.24) is 19.9 Å². The number of carbonyl (C=O) groups excluding carboxylic acids is 1. The summed E-state index contributed by atoms with van der Waals surface area (Å²) < 4.78 is 2.20. The van der Waals surface area contributed by atoms with Gasteiger partial charge >= 0.3 is 0 Å². The molecule has 23 heavy (non-hydrogen) atoms. The summed E-state index contributed by atoms with van der Waals surface area (Å²) in [6.07, 6.45) is 7.71. The molecule has 2 aromatic rings. The van der Waals surface area contributed by atoms with Crippen LogP contribution in [0.4, 0.5) is 5.95 Å². The Morgan fingerprint density at radius 3 is 2.83 bits per heavy atom. The maximum atomic E-state index is 12.3. The molecule has 1 aliphatic carbocycles. The summed E-state index contributed by atoms with van der Waals surface area (Å²) in [6, 6.07) is 2.20. The van der Waals surface area contributed by atoms with Gasteiger partial charge in [-0.3, -0.25) is 4.79 Å². The normalized spacial score (nSPS) is 19.9. The monoisotopic (exact) mass is 313 g/mol. The van der Waals surface area contributed by atoms with Crippen LogP contribution >= 0.6 is 0 Å². The Hall–Kier alpha value is -2.11. The average Bonchev–Trinajstić information content (AvgIpc) is 2.92. The third kappa shape index (κ3) is 2.28. The van der Waals surface area contributed by atoms with Gasteiger partial charge in [0.05, 0.1) is 5.54 Å². The molecule has 2 aliphatic rings. The van der Waals surface area contributed by atoms with Crippen LogP contribution in [0.2, 0.25) is 0 Å². The van der Waals surface area contributed by atoms with E-state index in [-0.39, 0.29) is 17.5 Å². The summed E-state index contributed by atoms with van der Waals surface area (Å²) >= 11 is 0. The van der Waals surface area contributed by atoms with Crippen molar-refractivity contribution in [3.05, 3.63) is 18.0 Å². The summed E-state index contributed by atoms with van der Waals surface area (Å²) in [6.45, 7) is 4.84. The molecule has 122 valence electrons. The third-order valence-electron chi connectivity index (χ3n) is 5.03. The molecule has 1 fully saturated rings. The van der Waals surface area contributed by atoms with Gasteiger partial charge in [-0.1, -0.05) is 19.3 Å². The van der Waals surface area contributed by atoms with Crippen LogP contribution in [-0.4, -0.2) is 33.0 Å². The number of amides is 1. The van der Waals surface area contributed by atoms with E-state index in [4.69, 9.17) is 4.98 Å². The number of carbonyl (C=O) groups is 1. The highest BCUT2D eigenvalue weighted by Gasteiger charge is 2.41. The van der Waals surface area contributed by atoms with Crippen LogP contribution in [0.3, 0.4) is 0 Å². The van der Waals surface area contributed by atoms with Crippen LogP contribution in [0.1, 0.15) is 56.4 Å². The lowest BCUT2D eigenvalue weighted by Gasteiger charge is -2.42. The first-order valence-corrected chi connectivity index (χ1v) is 8.53. The van der Waals surface area contributed by atoms with Gasteiger partial charge in [0.2, 0.25) is 5.95 Å². The number of hydrogen-bond acceptors (Lipinski definition) is 4. The number of nitrogens with zero attached hydrogens (tertiary/aromatic N) is 3. The highest BCUT2D eigenvalue weighted by atomic mass is 16.2. The first-order chi connectivity index (χ1) is 11.1. The van der Waals surface area contributed by atoms with E-state index in [0.717, 1.165) is 29.6 Å². The Morgan fingerprint density at radius 2 is 2.09 bits per heavy atom. The first-order valence-electron chi connectivity index (χ1n) is 8.53. The molecular formula is C17H23N5O. The first kappa shape index (κ1) is 14.5. The second-order valence-electron chi connectivity index (χ2n) is 7.10. The van der Waals surface area contributed by atoms with Gasteiger partial charge in [0.1, 0.15) is 11.3 Å². The molecule has 0 saturated heterocycles. The minimum Gasteiger partial charge on any atom is -0.352 e. The number of aromatic nitrogens is 3. The van der Waals surface area contributed by atoms with E-state index in [1.54, 1.807) is 0 Å². The largest absolute Gasteiger partial charge is 0.352 e. The molecule has 0 radical (unpaired) electrons. The summed E-state index contributed by atoms with van der Waals surface area (Å²) in [5.74, 6) is 0.628. The van der Waals surface area contributed by atoms with E-state index in [1.165, 1.54) is 19.3 Å². The van der Waals surface area contributed by atoms with E-state index in [0.29, 0.717) is 12.5 Å². The van der Waals surface area contributed by atoms with Crippen LogP contribution in [0, 0.1) is 0 Å². The smallest absolute Gasteiger partial charge is 0.268 e. The predicted molar refractivity (Wildman–Crippen MR) is 89.7 cm³/mol. The van der Waals surface area contributed by atoms with Gasteiger partial charge in [0.15, 0.2) is 0 Å². The SMILES string of the molecule is CC(C)Nc1ncc2cc3n(c2n1)C1(CCCCC1)CNC3=O. The van der Waals surface area contributed by atoms with Gasteiger partial charge in [-0.15, -0.1) is 0 Å². The second-order valence-corrected chi connectivity index (χ2v) is 7.10. The van der Waals surface area contributed by atoms with Gasteiger partial charge in [-0.05, 0) is 32.8 Å². The molecule has 0 unspecified atom stereocenters. The van der Waals surface area contributed by atoms with E-state index in [2.05, 4.69) is 34.0 Å². The Balaban J connectivity index is 1.90. The van der Waals surface area contributed by atoms with Crippen molar-refractivity contribution >= 4 is 22.9 Å². The minimum absolute atomic E-state index is 0.00225. The lowest BCUT2D eigenvalue weighted by molar-refractivity contribution is 0.0833.